The maximum Gasteiger partial charge on any atom is 0.394 e. The standard InChI is InChI=1S/C6H5F2N.H2O4S/c7-4-2-1-3-5(9)6(4)8;1-5(2,3)4/h1-3H,9H2;(H2,1,2,3,4). The van der Waals surface area contributed by atoms with Gasteiger partial charge < -0.3 is 5.73 Å². The molecule has 1 rings (SSSR count). The average Bonchev–Trinajstić information content (AvgIpc) is 1.97. The Morgan fingerprint density at radius 3 is 1.93 bits per heavy atom. The van der Waals surface area contributed by atoms with E-state index in [-0.39, 0.29) is 5.69 Å². The summed E-state index contributed by atoms with van der Waals surface area (Å²) in [6.45, 7) is 0. The van der Waals surface area contributed by atoms with E-state index in [2.05, 4.69) is 0 Å². The molecule has 0 saturated carbocycles. The Morgan fingerprint density at radius 1 is 1.21 bits per heavy atom. The van der Waals surface area contributed by atoms with E-state index in [0.29, 0.717) is 0 Å². The maximum absolute atomic E-state index is 12.2. The lowest BCUT2D eigenvalue weighted by Crippen LogP contribution is -1.92. The van der Waals surface area contributed by atoms with Gasteiger partial charge in [-0.2, -0.15) is 8.42 Å². The van der Waals surface area contributed by atoms with Crippen molar-refractivity contribution in [3.8, 4) is 0 Å². The summed E-state index contributed by atoms with van der Waals surface area (Å²) in [5.41, 5.74) is 4.85. The molecule has 14 heavy (non-hydrogen) atoms. The molecule has 0 aliphatic rings. The molecule has 5 nitrogen and oxygen atoms in total. The summed E-state index contributed by atoms with van der Waals surface area (Å²) in [6, 6.07) is 3.68. The summed E-state index contributed by atoms with van der Waals surface area (Å²) in [4.78, 5) is 0. The van der Waals surface area contributed by atoms with Crippen molar-refractivity contribution in [3.63, 3.8) is 0 Å². The summed E-state index contributed by atoms with van der Waals surface area (Å²) in [5.74, 6) is -1.88. The molecular formula is C6H7F2NO4S. The SMILES string of the molecule is Nc1cccc(F)c1F.O=S(=O)(O)O. The summed E-state index contributed by atoms with van der Waals surface area (Å²) >= 11 is 0. The molecule has 0 fully saturated rings. The molecule has 0 unspecified atom stereocenters. The van der Waals surface area contributed by atoms with Crippen molar-refractivity contribution < 1.29 is 26.3 Å². The van der Waals surface area contributed by atoms with E-state index < -0.39 is 22.0 Å². The molecule has 0 aromatic heterocycles. The van der Waals surface area contributed by atoms with Crippen LogP contribution < -0.4 is 5.73 Å². The Balaban J connectivity index is 0.000000292. The lowest BCUT2D eigenvalue weighted by Gasteiger charge is -1.93. The molecule has 0 radical (unpaired) electrons. The number of halogens is 2. The minimum absolute atomic E-state index is 0.157. The van der Waals surface area contributed by atoms with Crippen LogP contribution >= 0.6 is 0 Å². The van der Waals surface area contributed by atoms with Gasteiger partial charge in [0.05, 0.1) is 5.69 Å². The zero-order chi connectivity index (χ0) is 11.4. The zero-order valence-corrected chi connectivity index (χ0v) is 7.50. The fourth-order valence-electron chi connectivity index (χ4n) is 0.520. The molecule has 4 N–H and O–H groups in total. The molecule has 0 spiro atoms. The van der Waals surface area contributed by atoms with Gasteiger partial charge in [-0.1, -0.05) is 6.07 Å². The number of benzene rings is 1. The van der Waals surface area contributed by atoms with Crippen molar-refractivity contribution in [2.75, 3.05) is 5.73 Å². The first-order chi connectivity index (χ1) is 6.22. The van der Waals surface area contributed by atoms with Gasteiger partial charge in [-0.25, -0.2) is 8.78 Å². The van der Waals surface area contributed by atoms with Gasteiger partial charge in [0.25, 0.3) is 0 Å². The summed E-state index contributed by atoms with van der Waals surface area (Å²) < 4.78 is 55.9. The Hall–Kier alpha value is -1.25. The van der Waals surface area contributed by atoms with Crippen molar-refractivity contribution in [1.82, 2.24) is 0 Å². The lowest BCUT2D eigenvalue weighted by atomic mass is 10.3. The molecular weight excluding hydrogens is 220 g/mol. The second-order valence-corrected chi connectivity index (χ2v) is 2.99. The number of rotatable bonds is 0. The highest BCUT2D eigenvalue weighted by Gasteiger charge is 2.01. The van der Waals surface area contributed by atoms with Crippen molar-refractivity contribution >= 4 is 16.1 Å². The van der Waals surface area contributed by atoms with Gasteiger partial charge in [-0.15, -0.1) is 0 Å². The Morgan fingerprint density at radius 2 is 1.64 bits per heavy atom. The number of nitrogen functional groups attached to an aromatic ring is 1. The van der Waals surface area contributed by atoms with Crippen LogP contribution in [0, 0.1) is 11.6 Å². The molecule has 8 heteroatoms. The first-order valence-corrected chi connectivity index (χ1v) is 4.51. The normalized spacial score (nSPS) is 10.3. The van der Waals surface area contributed by atoms with Crippen LogP contribution in [0.1, 0.15) is 0 Å². The van der Waals surface area contributed by atoms with Crippen LogP contribution in [-0.4, -0.2) is 17.5 Å². The van der Waals surface area contributed by atoms with E-state index in [1.165, 1.54) is 12.1 Å². The van der Waals surface area contributed by atoms with E-state index >= 15 is 0 Å². The third kappa shape index (κ3) is 6.29. The molecule has 80 valence electrons. The topological polar surface area (TPSA) is 101 Å². The van der Waals surface area contributed by atoms with Gasteiger partial charge >= 0.3 is 10.4 Å². The van der Waals surface area contributed by atoms with Crippen LogP contribution in [-0.2, 0) is 10.4 Å². The third-order valence-corrected chi connectivity index (χ3v) is 0.981. The third-order valence-electron chi connectivity index (χ3n) is 0.981. The summed E-state index contributed by atoms with van der Waals surface area (Å²) in [7, 11) is -4.67. The van der Waals surface area contributed by atoms with Gasteiger partial charge in [-0.3, -0.25) is 9.11 Å². The Labute approximate surface area is 78.7 Å². The minimum Gasteiger partial charge on any atom is -0.396 e. The number of hydrogen-bond acceptors (Lipinski definition) is 3. The van der Waals surface area contributed by atoms with E-state index in [4.69, 9.17) is 23.3 Å². The highest BCUT2D eigenvalue weighted by Crippen LogP contribution is 2.11. The Bertz CT molecular complexity index is 378. The van der Waals surface area contributed by atoms with E-state index in [1.807, 2.05) is 0 Å². The van der Waals surface area contributed by atoms with Gasteiger partial charge in [0.15, 0.2) is 11.6 Å². The monoisotopic (exact) mass is 227 g/mol. The molecule has 0 heterocycles. The van der Waals surface area contributed by atoms with Crippen molar-refractivity contribution in [3.05, 3.63) is 29.8 Å². The molecule has 0 saturated heterocycles. The molecule has 0 aliphatic heterocycles. The minimum atomic E-state index is -4.67. The van der Waals surface area contributed by atoms with Crippen LogP contribution in [0.3, 0.4) is 0 Å². The predicted molar refractivity (Wildman–Crippen MR) is 44.9 cm³/mol. The van der Waals surface area contributed by atoms with Gasteiger partial charge in [0.1, 0.15) is 0 Å². The van der Waals surface area contributed by atoms with Crippen molar-refractivity contribution in [2.45, 2.75) is 0 Å². The number of hydrogen-bond donors (Lipinski definition) is 3. The van der Waals surface area contributed by atoms with Crippen LogP contribution in [0.25, 0.3) is 0 Å². The highest BCUT2D eigenvalue weighted by molar-refractivity contribution is 7.79. The number of nitrogens with two attached hydrogens (primary N) is 1. The fourth-order valence-corrected chi connectivity index (χ4v) is 0.520. The molecule has 1 aromatic rings. The first-order valence-electron chi connectivity index (χ1n) is 3.11. The first kappa shape index (κ1) is 12.8. The van der Waals surface area contributed by atoms with Crippen molar-refractivity contribution in [1.29, 1.82) is 0 Å². The molecule has 0 amide bonds. The van der Waals surface area contributed by atoms with E-state index in [0.717, 1.165) is 6.07 Å². The highest BCUT2D eigenvalue weighted by atomic mass is 32.3. The Kier molecular flexibility index (Phi) is 4.41. The van der Waals surface area contributed by atoms with Crippen LogP contribution in [0.5, 0.6) is 0 Å². The summed E-state index contributed by atoms with van der Waals surface area (Å²) in [5, 5.41) is 0. The largest absolute Gasteiger partial charge is 0.396 e. The lowest BCUT2D eigenvalue weighted by molar-refractivity contribution is 0.381. The van der Waals surface area contributed by atoms with Gasteiger partial charge in [0, 0.05) is 0 Å². The van der Waals surface area contributed by atoms with E-state index in [9.17, 15) is 8.78 Å². The maximum atomic E-state index is 12.2. The summed E-state index contributed by atoms with van der Waals surface area (Å²) in [6.07, 6.45) is 0. The van der Waals surface area contributed by atoms with Crippen molar-refractivity contribution in [2.24, 2.45) is 0 Å². The fraction of sp³-hybridized carbons (Fsp3) is 0. The molecule has 0 aliphatic carbocycles. The molecule has 0 atom stereocenters. The van der Waals surface area contributed by atoms with Crippen LogP contribution in [0.2, 0.25) is 0 Å². The average molecular weight is 227 g/mol. The second-order valence-electron chi connectivity index (χ2n) is 2.09. The van der Waals surface area contributed by atoms with Gasteiger partial charge in [-0.05, 0) is 12.1 Å². The molecule has 1 aromatic carbocycles. The predicted octanol–water partition coefficient (Wildman–Crippen LogP) is 0.894. The van der Waals surface area contributed by atoms with Crippen LogP contribution in [0.4, 0.5) is 14.5 Å². The zero-order valence-electron chi connectivity index (χ0n) is 6.68. The second kappa shape index (κ2) is 4.84. The number of anilines is 1. The van der Waals surface area contributed by atoms with Gasteiger partial charge in [0.2, 0.25) is 0 Å². The van der Waals surface area contributed by atoms with E-state index in [1.54, 1.807) is 0 Å². The van der Waals surface area contributed by atoms with Crippen LogP contribution in [0.15, 0.2) is 18.2 Å². The molecule has 0 bridgehead atoms. The quantitative estimate of drug-likeness (QED) is 0.451. The smallest absolute Gasteiger partial charge is 0.394 e.